The topological polar surface area (TPSA) is 98.6 Å². The van der Waals surface area contributed by atoms with E-state index < -0.39 is 29.5 Å². The van der Waals surface area contributed by atoms with Crippen LogP contribution in [-0.4, -0.2) is 38.5 Å². The molecule has 5 aromatic rings. The Labute approximate surface area is 232 Å². The maximum Gasteiger partial charge on any atom is 0.251 e. The molecule has 2 amide bonds. The van der Waals surface area contributed by atoms with Crippen LogP contribution in [0.1, 0.15) is 17.2 Å². The molecule has 9 nitrogen and oxygen atoms in total. The molecule has 4 aromatic carbocycles. The van der Waals surface area contributed by atoms with Crippen molar-refractivity contribution in [1.82, 2.24) is 19.9 Å². The Balaban J connectivity index is 1.38. The third-order valence-electron chi connectivity index (χ3n) is 6.68. The Morgan fingerprint density at radius 1 is 0.902 bits per heavy atom. The van der Waals surface area contributed by atoms with Gasteiger partial charge in [-0.3, -0.25) is 9.59 Å². The summed E-state index contributed by atoms with van der Waals surface area (Å²) in [7, 11) is 0. The molecule has 0 aliphatic carbocycles. The van der Waals surface area contributed by atoms with Gasteiger partial charge in [0.05, 0.1) is 5.52 Å². The van der Waals surface area contributed by atoms with E-state index in [0.29, 0.717) is 39.3 Å². The molecule has 11 heteroatoms. The lowest BCUT2D eigenvalue weighted by Gasteiger charge is -2.31. The van der Waals surface area contributed by atoms with Crippen molar-refractivity contribution in [2.24, 2.45) is 0 Å². The van der Waals surface area contributed by atoms with Gasteiger partial charge in [0.1, 0.15) is 29.7 Å². The quantitative estimate of drug-likeness (QED) is 0.294. The number of nitrogens with zero attached hydrogens (tertiary/aromatic N) is 4. The van der Waals surface area contributed by atoms with E-state index >= 15 is 0 Å². The first kappa shape index (κ1) is 25.9. The van der Waals surface area contributed by atoms with Crippen molar-refractivity contribution in [3.8, 4) is 11.5 Å². The van der Waals surface area contributed by atoms with Gasteiger partial charge >= 0.3 is 0 Å². The Kier molecular flexibility index (Phi) is 6.99. The standard InChI is InChI=1S/C30H23F2N5O4/c31-21-9-5-19(6-10-21)16-36(28(38)17-37-25-4-2-1-3-24(25)34-35-37)29(20-7-11-22(32)12-8-20)30(39)33-23-13-14-26-27(15-23)41-18-40-26/h1-15,29H,16-18H2,(H,33,39)/t29-/m1/s1. The number of aromatic nitrogens is 3. The summed E-state index contributed by atoms with van der Waals surface area (Å²) in [6.45, 7) is -0.194. The summed E-state index contributed by atoms with van der Waals surface area (Å²) in [4.78, 5) is 29.3. The van der Waals surface area contributed by atoms with E-state index in [1.54, 1.807) is 30.3 Å². The average molecular weight is 556 g/mol. The van der Waals surface area contributed by atoms with Gasteiger partial charge in [-0.2, -0.15) is 0 Å². The summed E-state index contributed by atoms with van der Waals surface area (Å²) in [6, 6.07) is 21.9. The lowest BCUT2D eigenvalue weighted by Crippen LogP contribution is -2.42. The summed E-state index contributed by atoms with van der Waals surface area (Å²) in [5.41, 5.74) is 2.64. The van der Waals surface area contributed by atoms with E-state index in [0.717, 1.165) is 0 Å². The largest absolute Gasteiger partial charge is 0.454 e. The van der Waals surface area contributed by atoms with Gasteiger partial charge in [-0.1, -0.05) is 41.6 Å². The van der Waals surface area contributed by atoms with Gasteiger partial charge in [-0.05, 0) is 59.7 Å². The van der Waals surface area contributed by atoms with Crippen LogP contribution in [0.15, 0.2) is 91.0 Å². The molecule has 1 aliphatic rings. The molecule has 0 fully saturated rings. The smallest absolute Gasteiger partial charge is 0.251 e. The van der Waals surface area contributed by atoms with Crippen molar-refractivity contribution in [2.45, 2.75) is 19.1 Å². The highest BCUT2D eigenvalue weighted by molar-refractivity contribution is 5.98. The second-order valence-corrected chi connectivity index (χ2v) is 9.40. The number of fused-ring (bicyclic) bond motifs is 2. The van der Waals surface area contributed by atoms with Gasteiger partial charge in [0.15, 0.2) is 11.5 Å². The van der Waals surface area contributed by atoms with Crippen LogP contribution in [0.3, 0.4) is 0 Å². The van der Waals surface area contributed by atoms with Gasteiger partial charge in [-0.15, -0.1) is 5.10 Å². The van der Waals surface area contributed by atoms with Crippen molar-refractivity contribution >= 4 is 28.5 Å². The molecule has 206 valence electrons. The number of carbonyl (C=O) groups is 2. The first-order chi connectivity index (χ1) is 19.9. The number of carbonyl (C=O) groups excluding carboxylic acids is 2. The van der Waals surface area contributed by atoms with Crippen molar-refractivity contribution < 1.29 is 27.8 Å². The highest BCUT2D eigenvalue weighted by Gasteiger charge is 2.33. The van der Waals surface area contributed by atoms with Gasteiger partial charge in [0.25, 0.3) is 5.91 Å². The van der Waals surface area contributed by atoms with E-state index in [2.05, 4.69) is 15.6 Å². The zero-order chi connectivity index (χ0) is 28.3. The number of ether oxygens (including phenoxy) is 2. The van der Waals surface area contributed by atoms with Gasteiger partial charge in [0.2, 0.25) is 12.7 Å². The second-order valence-electron chi connectivity index (χ2n) is 9.40. The molecule has 0 radical (unpaired) electrons. The highest BCUT2D eigenvalue weighted by atomic mass is 19.1. The molecule has 2 heterocycles. The first-order valence-corrected chi connectivity index (χ1v) is 12.7. The Morgan fingerprint density at radius 2 is 1.61 bits per heavy atom. The summed E-state index contributed by atoms with van der Waals surface area (Å²) in [5.74, 6) is -0.912. The molecule has 0 saturated heterocycles. The molecular weight excluding hydrogens is 532 g/mol. The van der Waals surface area contributed by atoms with Gasteiger partial charge in [-0.25, -0.2) is 13.5 Å². The number of anilines is 1. The second kappa shape index (κ2) is 11.0. The number of hydrogen-bond donors (Lipinski definition) is 1. The number of amides is 2. The Morgan fingerprint density at radius 3 is 2.39 bits per heavy atom. The summed E-state index contributed by atoms with van der Waals surface area (Å²) >= 11 is 0. The molecule has 0 spiro atoms. The van der Waals surface area contributed by atoms with Crippen molar-refractivity contribution in [2.75, 3.05) is 12.1 Å². The number of para-hydroxylation sites is 1. The summed E-state index contributed by atoms with van der Waals surface area (Å²) < 4.78 is 39.8. The average Bonchev–Trinajstić information content (AvgIpc) is 3.61. The summed E-state index contributed by atoms with van der Waals surface area (Å²) in [5, 5.41) is 11.1. The SMILES string of the molecule is O=C(Nc1ccc2c(c1)OCO2)[C@@H](c1ccc(F)cc1)N(Cc1ccc(F)cc1)C(=O)Cn1nnc2ccccc21. The third-order valence-corrected chi connectivity index (χ3v) is 6.68. The minimum atomic E-state index is -1.19. The van der Waals surface area contributed by atoms with Gasteiger partial charge < -0.3 is 19.7 Å². The number of benzene rings is 4. The highest BCUT2D eigenvalue weighted by Crippen LogP contribution is 2.35. The number of nitrogens with one attached hydrogen (secondary N) is 1. The molecule has 1 atom stereocenters. The predicted octanol–water partition coefficient (Wildman–Crippen LogP) is 4.85. The first-order valence-electron chi connectivity index (χ1n) is 12.7. The lowest BCUT2D eigenvalue weighted by molar-refractivity contribution is -0.140. The van der Waals surface area contributed by atoms with Crippen LogP contribution in [0, 0.1) is 11.6 Å². The van der Waals surface area contributed by atoms with Crippen molar-refractivity contribution in [1.29, 1.82) is 0 Å². The molecule has 0 unspecified atom stereocenters. The number of rotatable bonds is 8. The lowest BCUT2D eigenvalue weighted by atomic mass is 10.0. The fourth-order valence-electron chi connectivity index (χ4n) is 4.67. The van der Waals surface area contributed by atoms with E-state index in [1.165, 1.54) is 58.1 Å². The molecule has 41 heavy (non-hydrogen) atoms. The van der Waals surface area contributed by atoms with Crippen LogP contribution in [0.4, 0.5) is 14.5 Å². The molecule has 1 N–H and O–H groups in total. The molecular formula is C30H23F2N5O4. The van der Waals surface area contributed by atoms with Crippen LogP contribution < -0.4 is 14.8 Å². The van der Waals surface area contributed by atoms with Gasteiger partial charge in [0, 0.05) is 18.3 Å². The van der Waals surface area contributed by atoms with Crippen LogP contribution >= 0.6 is 0 Å². The molecule has 1 aromatic heterocycles. The molecule has 1 aliphatic heterocycles. The third kappa shape index (κ3) is 5.55. The van der Waals surface area contributed by atoms with E-state index in [4.69, 9.17) is 9.47 Å². The number of halogens is 2. The minimum Gasteiger partial charge on any atom is -0.454 e. The van der Waals surface area contributed by atoms with E-state index in [1.807, 2.05) is 12.1 Å². The van der Waals surface area contributed by atoms with E-state index in [9.17, 15) is 18.4 Å². The predicted molar refractivity (Wildman–Crippen MR) is 145 cm³/mol. The normalized spacial score (nSPS) is 12.7. The maximum atomic E-state index is 14.0. The molecule has 6 rings (SSSR count). The van der Waals surface area contributed by atoms with Crippen LogP contribution in [0.5, 0.6) is 11.5 Å². The summed E-state index contributed by atoms with van der Waals surface area (Å²) in [6.07, 6.45) is 0. The van der Waals surface area contributed by atoms with Crippen LogP contribution in [-0.2, 0) is 22.7 Å². The van der Waals surface area contributed by atoms with Crippen molar-refractivity contribution in [3.05, 3.63) is 114 Å². The monoisotopic (exact) mass is 555 g/mol. The number of hydrogen-bond acceptors (Lipinski definition) is 6. The Hall–Kier alpha value is -5.32. The Bertz CT molecular complexity index is 1720. The minimum absolute atomic E-state index is 0.0393. The fraction of sp³-hybridized carbons (Fsp3) is 0.133. The molecule has 0 bridgehead atoms. The zero-order valence-corrected chi connectivity index (χ0v) is 21.5. The van der Waals surface area contributed by atoms with Crippen molar-refractivity contribution in [3.63, 3.8) is 0 Å². The fourth-order valence-corrected chi connectivity index (χ4v) is 4.67. The maximum absolute atomic E-state index is 14.0. The van der Waals surface area contributed by atoms with Crippen LogP contribution in [0.25, 0.3) is 11.0 Å². The molecule has 0 saturated carbocycles. The van der Waals surface area contributed by atoms with Crippen LogP contribution in [0.2, 0.25) is 0 Å². The van der Waals surface area contributed by atoms with E-state index in [-0.39, 0.29) is 19.9 Å². The zero-order valence-electron chi connectivity index (χ0n) is 21.5.